The Hall–Kier alpha value is -1.30. The minimum absolute atomic E-state index is 0.0419. The maximum Gasteiger partial charge on any atom is 0.272 e. The molecule has 0 aliphatic heterocycles. The Kier molecular flexibility index (Phi) is 3.70. The van der Waals surface area contributed by atoms with Crippen molar-refractivity contribution in [1.82, 2.24) is 4.98 Å². The lowest BCUT2D eigenvalue weighted by Gasteiger charge is -2.07. The van der Waals surface area contributed by atoms with Crippen molar-refractivity contribution in [1.29, 1.82) is 0 Å². The SMILES string of the molecule is NC(=S)c1cccnc1OCC(F)F. The molecule has 0 saturated heterocycles. The van der Waals surface area contributed by atoms with Crippen LogP contribution in [0.15, 0.2) is 18.3 Å². The molecule has 2 N–H and O–H groups in total. The summed E-state index contributed by atoms with van der Waals surface area (Å²) in [7, 11) is 0. The highest BCUT2D eigenvalue weighted by molar-refractivity contribution is 7.80. The smallest absolute Gasteiger partial charge is 0.272 e. The fourth-order valence-corrected chi connectivity index (χ4v) is 0.991. The Morgan fingerprint density at radius 3 is 2.93 bits per heavy atom. The summed E-state index contributed by atoms with van der Waals surface area (Å²) in [5.41, 5.74) is 5.71. The van der Waals surface area contributed by atoms with E-state index in [2.05, 4.69) is 4.98 Å². The van der Waals surface area contributed by atoms with E-state index in [1.165, 1.54) is 6.20 Å². The Bertz CT molecular complexity index is 333. The number of ether oxygens (including phenoxy) is 1. The lowest BCUT2D eigenvalue weighted by Crippen LogP contribution is -2.15. The Morgan fingerprint density at radius 1 is 1.64 bits per heavy atom. The zero-order valence-corrected chi connectivity index (χ0v) is 7.93. The summed E-state index contributed by atoms with van der Waals surface area (Å²) in [6, 6.07) is 3.17. The van der Waals surface area contributed by atoms with Crippen LogP contribution in [0, 0.1) is 0 Å². The molecule has 0 radical (unpaired) electrons. The number of nitrogens with two attached hydrogens (primary N) is 1. The zero-order valence-electron chi connectivity index (χ0n) is 7.11. The van der Waals surface area contributed by atoms with Crippen LogP contribution in [-0.2, 0) is 0 Å². The number of hydrogen-bond acceptors (Lipinski definition) is 3. The average molecular weight is 218 g/mol. The van der Waals surface area contributed by atoms with Crippen molar-refractivity contribution in [3.05, 3.63) is 23.9 Å². The first-order valence-corrected chi connectivity index (χ1v) is 4.18. The number of halogens is 2. The molecule has 0 aliphatic rings. The van der Waals surface area contributed by atoms with Gasteiger partial charge in [0, 0.05) is 6.20 Å². The maximum atomic E-state index is 11.8. The van der Waals surface area contributed by atoms with E-state index in [0.29, 0.717) is 5.56 Å². The van der Waals surface area contributed by atoms with E-state index < -0.39 is 13.0 Å². The molecule has 0 fully saturated rings. The van der Waals surface area contributed by atoms with Gasteiger partial charge in [-0.05, 0) is 12.1 Å². The molecule has 76 valence electrons. The molecule has 6 heteroatoms. The predicted octanol–water partition coefficient (Wildman–Crippen LogP) is 1.36. The fraction of sp³-hybridized carbons (Fsp3) is 0.250. The van der Waals surface area contributed by atoms with E-state index in [4.69, 9.17) is 22.7 Å². The number of alkyl halides is 2. The molecule has 1 aromatic heterocycles. The molecule has 0 spiro atoms. The normalized spacial score (nSPS) is 10.2. The van der Waals surface area contributed by atoms with Gasteiger partial charge in [0.05, 0.1) is 5.56 Å². The summed E-state index contributed by atoms with van der Waals surface area (Å²) < 4.78 is 28.4. The summed E-state index contributed by atoms with van der Waals surface area (Å²) in [4.78, 5) is 3.82. The standard InChI is InChI=1S/C8H8F2N2OS/c9-6(10)4-13-8-5(7(11)14)2-1-3-12-8/h1-3,6H,4H2,(H2,11,14). The van der Waals surface area contributed by atoms with Crippen molar-refractivity contribution in [2.45, 2.75) is 6.43 Å². The van der Waals surface area contributed by atoms with Crippen molar-refractivity contribution < 1.29 is 13.5 Å². The summed E-state index contributed by atoms with van der Waals surface area (Å²) >= 11 is 4.70. The molecule has 0 atom stereocenters. The molecule has 14 heavy (non-hydrogen) atoms. The average Bonchev–Trinajstić information content (AvgIpc) is 2.15. The minimum Gasteiger partial charge on any atom is -0.471 e. The number of hydrogen-bond donors (Lipinski definition) is 1. The zero-order chi connectivity index (χ0) is 10.6. The van der Waals surface area contributed by atoms with Crippen LogP contribution < -0.4 is 10.5 Å². The molecule has 3 nitrogen and oxygen atoms in total. The van der Waals surface area contributed by atoms with Crippen LogP contribution in [0.2, 0.25) is 0 Å². The molecule has 0 aliphatic carbocycles. The van der Waals surface area contributed by atoms with Gasteiger partial charge >= 0.3 is 0 Å². The van der Waals surface area contributed by atoms with Crippen LogP contribution >= 0.6 is 12.2 Å². The van der Waals surface area contributed by atoms with Crippen LogP contribution in [0.25, 0.3) is 0 Å². The number of nitrogens with zero attached hydrogens (tertiary/aromatic N) is 1. The quantitative estimate of drug-likeness (QED) is 0.775. The number of thiocarbonyl (C=S) groups is 1. The van der Waals surface area contributed by atoms with E-state index >= 15 is 0 Å². The molecular weight excluding hydrogens is 210 g/mol. The molecular formula is C8H8F2N2OS. The van der Waals surface area contributed by atoms with E-state index in [1.54, 1.807) is 12.1 Å². The van der Waals surface area contributed by atoms with E-state index in [9.17, 15) is 8.78 Å². The molecule has 1 aromatic rings. The largest absolute Gasteiger partial charge is 0.471 e. The summed E-state index contributed by atoms with van der Waals surface area (Å²) in [5, 5.41) is 0. The Morgan fingerprint density at radius 2 is 2.36 bits per heavy atom. The molecule has 0 amide bonds. The molecule has 1 heterocycles. The van der Waals surface area contributed by atoms with Gasteiger partial charge in [0.15, 0.2) is 6.61 Å². The molecule has 1 rings (SSSR count). The van der Waals surface area contributed by atoms with Gasteiger partial charge in [-0.25, -0.2) is 13.8 Å². The van der Waals surface area contributed by atoms with Crippen molar-refractivity contribution in [2.75, 3.05) is 6.61 Å². The van der Waals surface area contributed by atoms with Crippen molar-refractivity contribution in [3.8, 4) is 5.88 Å². The van der Waals surface area contributed by atoms with Crippen LogP contribution in [0.3, 0.4) is 0 Å². The molecule has 0 saturated carbocycles. The van der Waals surface area contributed by atoms with Crippen LogP contribution in [0.5, 0.6) is 5.88 Å². The summed E-state index contributed by atoms with van der Waals surface area (Å²) in [6.07, 6.45) is -1.13. The molecule has 0 bridgehead atoms. The van der Waals surface area contributed by atoms with Gasteiger partial charge in [-0.3, -0.25) is 0 Å². The fourth-order valence-electron chi connectivity index (χ4n) is 0.835. The second-order valence-corrected chi connectivity index (χ2v) is 2.86. The first-order valence-electron chi connectivity index (χ1n) is 3.77. The third-order valence-electron chi connectivity index (χ3n) is 1.38. The third-order valence-corrected chi connectivity index (χ3v) is 1.60. The van der Waals surface area contributed by atoms with E-state index in [1.807, 2.05) is 0 Å². The van der Waals surface area contributed by atoms with Gasteiger partial charge < -0.3 is 10.5 Å². The number of rotatable bonds is 4. The Balaban J connectivity index is 2.79. The highest BCUT2D eigenvalue weighted by Gasteiger charge is 2.09. The monoisotopic (exact) mass is 218 g/mol. The lowest BCUT2D eigenvalue weighted by molar-refractivity contribution is 0.0795. The Labute approximate surface area is 84.9 Å². The van der Waals surface area contributed by atoms with Gasteiger partial charge in [-0.2, -0.15) is 0 Å². The highest BCUT2D eigenvalue weighted by atomic mass is 32.1. The van der Waals surface area contributed by atoms with E-state index in [-0.39, 0.29) is 10.9 Å². The van der Waals surface area contributed by atoms with Gasteiger partial charge in [0.2, 0.25) is 5.88 Å². The third kappa shape index (κ3) is 2.88. The van der Waals surface area contributed by atoms with E-state index in [0.717, 1.165) is 0 Å². The van der Waals surface area contributed by atoms with Gasteiger partial charge in [-0.1, -0.05) is 12.2 Å². The first-order chi connectivity index (χ1) is 6.61. The van der Waals surface area contributed by atoms with Gasteiger partial charge in [-0.15, -0.1) is 0 Å². The number of aromatic nitrogens is 1. The van der Waals surface area contributed by atoms with Crippen LogP contribution in [-0.4, -0.2) is 23.0 Å². The molecule has 0 aromatic carbocycles. The van der Waals surface area contributed by atoms with Crippen molar-refractivity contribution in [2.24, 2.45) is 5.73 Å². The predicted molar refractivity (Wildman–Crippen MR) is 51.6 cm³/mol. The number of pyridine rings is 1. The first kappa shape index (κ1) is 10.8. The minimum atomic E-state index is -2.55. The second-order valence-electron chi connectivity index (χ2n) is 2.42. The molecule has 0 unspecified atom stereocenters. The second kappa shape index (κ2) is 4.80. The maximum absolute atomic E-state index is 11.8. The highest BCUT2D eigenvalue weighted by Crippen LogP contribution is 2.14. The van der Waals surface area contributed by atoms with Gasteiger partial charge in [0.1, 0.15) is 4.99 Å². The summed E-state index contributed by atoms with van der Waals surface area (Å²) in [5.74, 6) is 0.0419. The van der Waals surface area contributed by atoms with Crippen molar-refractivity contribution >= 4 is 17.2 Å². The van der Waals surface area contributed by atoms with Crippen LogP contribution in [0.1, 0.15) is 5.56 Å². The summed E-state index contributed by atoms with van der Waals surface area (Å²) in [6.45, 7) is -0.716. The van der Waals surface area contributed by atoms with Gasteiger partial charge in [0.25, 0.3) is 6.43 Å². The van der Waals surface area contributed by atoms with Crippen molar-refractivity contribution in [3.63, 3.8) is 0 Å². The topological polar surface area (TPSA) is 48.1 Å². The lowest BCUT2D eigenvalue weighted by atomic mass is 10.3. The van der Waals surface area contributed by atoms with Crippen LogP contribution in [0.4, 0.5) is 8.78 Å².